The first-order chi connectivity index (χ1) is 17.7. The van der Waals surface area contributed by atoms with Gasteiger partial charge in [0.2, 0.25) is 0 Å². The van der Waals surface area contributed by atoms with Gasteiger partial charge in [-0.15, -0.1) is 0 Å². The molecule has 188 valence electrons. The second kappa shape index (κ2) is 8.49. The Hall–Kier alpha value is -3.56. The van der Waals surface area contributed by atoms with Crippen molar-refractivity contribution in [1.82, 2.24) is 10.0 Å². The zero-order valence-electron chi connectivity index (χ0n) is 19.1. The lowest BCUT2D eigenvalue weighted by molar-refractivity contribution is -0.384. The fourth-order valence-corrected chi connectivity index (χ4v) is 6.49. The van der Waals surface area contributed by atoms with Crippen LogP contribution in [-0.4, -0.2) is 45.0 Å². The molecule has 3 amide bonds. The maximum Gasteiger partial charge on any atom is 0.273 e. The van der Waals surface area contributed by atoms with E-state index in [1.54, 1.807) is 0 Å². The van der Waals surface area contributed by atoms with Crippen LogP contribution < -0.4 is 0 Å². The highest BCUT2D eigenvalue weighted by Gasteiger charge is 2.68. The van der Waals surface area contributed by atoms with Gasteiger partial charge in [-0.3, -0.25) is 29.3 Å². The fourth-order valence-electron chi connectivity index (χ4n) is 6.19. The summed E-state index contributed by atoms with van der Waals surface area (Å²) < 4.78 is 0. The topological polar surface area (TPSA) is 118 Å². The van der Waals surface area contributed by atoms with E-state index in [0.29, 0.717) is 11.8 Å². The molecule has 2 saturated carbocycles. The number of hydrazine groups is 1. The number of non-ortho nitro benzene ring substituents is 1. The molecule has 3 fully saturated rings. The standard InChI is InChI=1S/C26H19Cl2N3O6/c27-19-8-3-13(9-20(19)28)24(33)29(11-21(32)12-1-4-14(5-2-12)31(36)37)30-25(34)22-15-6-7-16(18-10-17(15)18)23(22)26(30)35/h1-9,15-18,22-23H,10-11H2. The number of hydrogen-bond donors (Lipinski definition) is 0. The second-order valence-electron chi connectivity index (χ2n) is 9.86. The zero-order chi connectivity index (χ0) is 26.2. The number of allylic oxidation sites excluding steroid dienone is 2. The summed E-state index contributed by atoms with van der Waals surface area (Å²) in [5.41, 5.74) is -0.0573. The number of hydrogen-bond acceptors (Lipinski definition) is 6. The van der Waals surface area contributed by atoms with Crippen molar-refractivity contribution in [3.63, 3.8) is 0 Å². The van der Waals surface area contributed by atoms with Crippen molar-refractivity contribution in [2.45, 2.75) is 6.42 Å². The summed E-state index contributed by atoms with van der Waals surface area (Å²) in [6, 6.07) is 9.02. The smallest absolute Gasteiger partial charge is 0.273 e. The summed E-state index contributed by atoms with van der Waals surface area (Å²) in [4.78, 5) is 64.6. The summed E-state index contributed by atoms with van der Waals surface area (Å²) in [6.07, 6.45) is 5.02. The van der Waals surface area contributed by atoms with Gasteiger partial charge in [-0.2, -0.15) is 5.01 Å². The van der Waals surface area contributed by atoms with E-state index < -0.39 is 46.8 Å². The minimum absolute atomic E-state index is 0.0466. The summed E-state index contributed by atoms with van der Waals surface area (Å²) in [5.74, 6) is -2.86. The molecular weight excluding hydrogens is 521 g/mol. The number of carbonyl (C=O) groups is 4. The molecule has 4 aliphatic carbocycles. The van der Waals surface area contributed by atoms with E-state index in [1.165, 1.54) is 42.5 Å². The number of rotatable bonds is 6. The molecule has 2 bridgehead atoms. The molecule has 1 saturated heterocycles. The summed E-state index contributed by atoms with van der Waals surface area (Å²) in [7, 11) is 0. The number of nitrogens with zero attached hydrogens (tertiary/aromatic N) is 3. The van der Waals surface area contributed by atoms with Crippen molar-refractivity contribution in [2.75, 3.05) is 6.54 Å². The first kappa shape index (κ1) is 23.8. The third kappa shape index (κ3) is 3.67. The number of Topliss-reactive ketones (excluding diaryl/α,β-unsaturated/α-hetero) is 1. The lowest BCUT2D eigenvalue weighted by Crippen LogP contribution is -2.52. The van der Waals surface area contributed by atoms with Crippen molar-refractivity contribution >= 4 is 52.4 Å². The van der Waals surface area contributed by atoms with Gasteiger partial charge in [0.1, 0.15) is 6.54 Å². The quantitative estimate of drug-likeness (QED) is 0.178. The van der Waals surface area contributed by atoms with Crippen molar-refractivity contribution < 1.29 is 24.1 Å². The molecule has 6 atom stereocenters. The second-order valence-corrected chi connectivity index (χ2v) is 10.7. The normalized spacial score (nSPS) is 28.6. The van der Waals surface area contributed by atoms with Crippen LogP contribution in [0.15, 0.2) is 54.6 Å². The van der Waals surface area contributed by atoms with E-state index in [0.717, 1.165) is 16.4 Å². The Morgan fingerprint density at radius 3 is 2.03 bits per heavy atom. The predicted molar refractivity (Wildman–Crippen MR) is 131 cm³/mol. The van der Waals surface area contributed by atoms with Crippen molar-refractivity contribution in [2.24, 2.45) is 35.5 Å². The molecule has 7 rings (SSSR count). The maximum absolute atomic E-state index is 13.7. The zero-order valence-corrected chi connectivity index (χ0v) is 20.6. The van der Waals surface area contributed by atoms with Gasteiger partial charge in [-0.25, -0.2) is 5.01 Å². The fraction of sp³-hybridized carbons (Fsp3) is 0.308. The van der Waals surface area contributed by atoms with Gasteiger partial charge in [0, 0.05) is 23.3 Å². The number of benzene rings is 2. The first-order valence-electron chi connectivity index (χ1n) is 11.8. The Morgan fingerprint density at radius 2 is 1.49 bits per heavy atom. The van der Waals surface area contributed by atoms with E-state index >= 15 is 0 Å². The first-order valence-corrected chi connectivity index (χ1v) is 12.5. The average Bonchev–Trinajstić information content (AvgIpc) is 3.67. The number of nitro groups is 1. The van der Waals surface area contributed by atoms with Crippen LogP contribution in [0.3, 0.4) is 0 Å². The molecule has 2 aromatic carbocycles. The molecule has 5 aliphatic rings. The van der Waals surface area contributed by atoms with Gasteiger partial charge in [-0.1, -0.05) is 35.4 Å². The summed E-state index contributed by atoms with van der Waals surface area (Å²) >= 11 is 12.1. The van der Waals surface area contributed by atoms with Gasteiger partial charge in [0.25, 0.3) is 23.4 Å². The molecule has 37 heavy (non-hydrogen) atoms. The average molecular weight is 540 g/mol. The molecule has 0 aromatic heterocycles. The minimum Gasteiger partial charge on any atom is -0.292 e. The molecule has 0 N–H and O–H groups in total. The molecule has 9 nitrogen and oxygen atoms in total. The minimum atomic E-state index is -0.764. The molecule has 1 heterocycles. The van der Waals surface area contributed by atoms with Gasteiger partial charge in [0.05, 0.1) is 26.8 Å². The lowest BCUT2D eigenvalue weighted by Gasteiger charge is -2.37. The van der Waals surface area contributed by atoms with Gasteiger partial charge in [0.15, 0.2) is 5.78 Å². The largest absolute Gasteiger partial charge is 0.292 e. The van der Waals surface area contributed by atoms with Crippen molar-refractivity contribution in [3.8, 4) is 0 Å². The van der Waals surface area contributed by atoms with Crippen molar-refractivity contribution in [1.29, 1.82) is 0 Å². The summed E-state index contributed by atoms with van der Waals surface area (Å²) in [5, 5.41) is 13.0. The number of imide groups is 1. The van der Waals surface area contributed by atoms with Gasteiger partial charge < -0.3 is 0 Å². The SMILES string of the molecule is O=C(CN(C(=O)c1ccc(Cl)c(Cl)c1)N1C(=O)C2C3C=CC(C4CC34)C2C1=O)c1ccc([N+](=O)[O-])cc1. The van der Waals surface area contributed by atoms with E-state index in [9.17, 15) is 29.3 Å². The van der Waals surface area contributed by atoms with Crippen LogP contribution in [0.1, 0.15) is 27.1 Å². The summed E-state index contributed by atoms with van der Waals surface area (Å²) in [6.45, 7) is -0.622. The van der Waals surface area contributed by atoms with Gasteiger partial charge in [-0.05, 0) is 60.4 Å². The molecule has 11 heteroatoms. The predicted octanol–water partition coefficient (Wildman–Crippen LogP) is 4.19. The third-order valence-corrected chi connectivity index (χ3v) is 8.71. The number of halogens is 2. The highest BCUT2D eigenvalue weighted by Crippen LogP contribution is 2.65. The Balaban J connectivity index is 1.35. The van der Waals surface area contributed by atoms with Crippen molar-refractivity contribution in [3.05, 3.63) is 85.9 Å². The number of ketones is 1. The van der Waals surface area contributed by atoms with E-state index in [2.05, 4.69) is 0 Å². The Bertz CT molecular complexity index is 1390. The Kier molecular flexibility index (Phi) is 5.47. The third-order valence-electron chi connectivity index (χ3n) is 7.98. The number of carbonyl (C=O) groups excluding carboxylic acids is 4. The van der Waals surface area contributed by atoms with E-state index in [1.807, 2.05) is 12.2 Å². The Morgan fingerprint density at radius 1 is 0.919 bits per heavy atom. The van der Waals surface area contributed by atoms with Crippen LogP contribution in [-0.2, 0) is 9.59 Å². The van der Waals surface area contributed by atoms with E-state index in [-0.39, 0.29) is 38.7 Å². The number of nitro benzene ring substituents is 1. The van der Waals surface area contributed by atoms with Crippen LogP contribution in [0.5, 0.6) is 0 Å². The monoisotopic (exact) mass is 539 g/mol. The molecule has 1 aliphatic heterocycles. The van der Waals surface area contributed by atoms with Crippen LogP contribution in [0.4, 0.5) is 5.69 Å². The molecular formula is C26H19Cl2N3O6. The number of amides is 3. The molecule has 0 spiro atoms. The highest BCUT2D eigenvalue weighted by molar-refractivity contribution is 6.42. The van der Waals surface area contributed by atoms with Gasteiger partial charge >= 0.3 is 0 Å². The molecule has 2 aromatic rings. The van der Waals surface area contributed by atoms with Crippen LogP contribution in [0.25, 0.3) is 0 Å². The maximum atomic E-state index is 13.7. The highest BCUT2D eigenvalue weighted by atomic mass is 35.5. The van der Waals surface area contributed by atoms with Crippen LogP contribution in [0, 0.1) is 45.6 Å². The van der Waals surface area contributed by atoms with Crippen LogP contribution >= 0.6 is 23.2 Å². The Labute approximate surface area is 220 Å². The van der Waals surface area contributed by atoms with E-state index in [4.69, 9.17) is 23.2 Å². The molecule has 6 unspecified atom stereocenters. The van der Waals surface area contributed by atoms with Crippen LogP contribution in [0.2, 0.25) is 10.0 Å². The lowest BCUT2D eigenvalue weighted by atomic mass is 9.63. The molecule has 0 radical (unpaired) electrons.